The Morgan fingerprint density at radius 3 is 2.42 bits per heavy atom. The Balaban J connectivity index is 3.32. The maximum absolute atomic E-state index is 10.8. The van der Waals surface area contributed by atoms with Crippen molar-refractivity contribution >= 4 is 10.2 Å². The van der Waals surface area contributed by atoms with Gasteiger partial charge in [0.05, 0.1) is 0 Å². The molecule has 6 heteroatoms. The van der Waals surface area contributed by atoms with Gasteiger partial charge in [0.2, 0.25) is 0 Å². The maximum atomic E-state index is 10.8. The monoisotopic (exact) mass is 195 g/mol. The first-order valence-electron chi connectivity index (χ1n) is 4.01. The number of hydrogen-bond acceptors (Lipinski definition) is 3. The lowest BCUT2D eigenvalue weighted by Gasteiger charge is -2.04. The molecule has 0 heterocycles. The zero-order valence-electron chi connectivity index (χ0n) is 7.55. The predicted molar refractivity (Wildman–Crippen MR) is 49.1 cm³/mol. The molecule has 3 N–H and O–H groups in total. The highest BCUT2D eigenvalue weighted by atomic mass is 32.2. The Morgan fingerprint density at radius 2 is 1.92 bits per heavy atom. The number of hydrogen-bond donors (Lipinski definition) is 3. The summed E-state index contributed by atoms with van der Waals surface area (Å²) in [6.07, 6.45) is 0.800. The summed E-state index contributed by atoms with van der Waals surface area (Å²) in [5, 5.41) is 3.10. The summed E-state index contributed by atoms with van der Waals surface area (Å²) in [6, 6.07) is 0. The Hall–Kier alpha value is -0.170. The van der Waals surface area contributed by atoms with E-state index in [1.165, 1.54) is 7.05 Å². The molecule has 74 valence electrons. The van der Waals surface area contributed by atoms with E-state index in [-0.39, 0.29) is 0 Å². The van der Waals surface area contributed by atoms with Gasteiger partial charge in [-0.25, -0.2) is 9.44 Å². The SMILES string of the molecule is CCNCCCNS(=O)(=O)NC. The summed E-state index contributed by atoms with van der Waals surface area (Å²) in [5.41, 5.74) is 0. The minimum atomic E-state index is -3.23. The standard InChI is InChI=1S/C6H17N3O2S/c1-3-8-5-4-6-9-12(10,11)7-2/h7-9H,3-6H2,1-2H3. The van der Waals surface area contributed by atoms with Crippen LogP contribution in [0.15, 0.2) is 0 Å². The lowest BCUT2D eigenvalue weighted by molar-refractivity contribution is 0.567. The lowest BCUT2D eigenvalue weighted by Crippen LogP contribution is -2.35. The fourth-order valence-electron chi connectivity index (χ4n) is 0.669. The molecule has 5 nitrogen and oxygen atoms in total. The number of nitrogens with one attached hydrogen (secondary N) is 3. The van der Waals surface area contributed by atoms with Crippen LogP contribution in [0.1, 0.15) is 13.3 Å². The summed E-state index contributed by atoms with van der Waals surface area (Å²) in [5.74, 6) is 0. The van der Waals surface area contributed by atoms with Gasteiger partial charge in [0.15, 0.2) is 0 Å². The Kier molecular flexibility index (Phi) is 6.27. The molecule has 0 aromatic carbocycles. The van der Waals surface area contributed by atoms with E-state index < -0.39 is 10.2 Å². The van der Waals surface area contributed by atoms with Gasteiger partial charge in [-0.1, -0.05) is 6.92 Å². The van der Waals surface area contributed by atoms with Gasteiger partial charge in [-0.3, -0.25) is 0 Å². The van der Waals surface area contributed by atoms with Gasteiger partial charge in [0.1, 0.15) is 0 Å². The first-order valence-corrected chi connectivity index (χ1v) is 5.49. The van der Waals surface area contributed by atoms with Crippen LogP contribution in [0.2, 0.25) is 0 Å². The largest absolute Gasteiger partial charge is 0.317 e. The number of rotatable bonds is 7. The summed E-state index contributed by atoms with van der Waals surface area (Å²) in [6.45, 7) is 4.23. The van der Waals surface area contributed by atoms with E-state index in [1.54, 1.807) is 0 Å². The first kappa shape index (κ1) is 11.8. The Labute approximate surface area is 74.1 Å². The Morgan fingerprint density at radius 1 is 1.25 bits per heavy atom. The zero-order chi connectivity index (χ0) is 9.45. The van der Waals surface area contributed by atoms with Gasteiger partial charge >= 0.3 is 0 Å². The average Bonchev–Trinajstić information content (AvgIpc) is 2.04. The van der Waals surface area contributed by atoms with Crippen molar-refractivity contribution in [1.82, 2.24) is 14.8 Å². The molecule has 0 aliphatic heterocycles. The van der Waals surface area contributed by atoms with Crippen molar-refractivity contribution in [1.29, 1.82) is 0 Å². The highest BCUT2D eigenvalue weighted by molar-refractivity contribution is 7.87. The van der Waals surface area contributed by atoms with Gasteiger partial charge in [0.25, 0.3) is 10.2 Å². The second-order valence-corrected chi connectivity index (χ2v) is 4.01. The quantitative estimate of drug-likeness (QED) is 0.458. The van der Waals surface area contributed by atoms with Gasteiger partial charge in [-0.05, 0) is 19.5 Å². The van der Waals surface area contributed by atoms with Gasteiger partial charge < -0.3 is 5.32 Å². The van der Waals surface area contributed by atoms with Crippen LogP contribution in [-0.4, -0.2) is 35.1 Å². The van der Waals surface area contributed by atoms with E-state index in [4.69, 9.17) is 0 Å². The van der Waals surface area contributed by atoms with Crippen LogP contribution in [-0.2, 0) is 10.2 Å². The minimum absolute atomic E-state index is 0.468. The summed E-state index contributed by atoms with van der Waals surface area (Å²) >= 11 is 0. The van der Waals surface area contributed by atoms with Crippen molar-refractivity contribution in [2.75, 3.05) is 26.7 Å². The van der Waals surface area contributed by atoms with E-state index >= 15 is 0 Å². The molecule has 12 heavy (non-hydrogen) atoms. The van der Waals surface area contributed by atoms with Crippen molar-refractivity contribution < 1.29 is 8.42 Å². The van der Waals surface area contributed by atoms with E-state index in [2.05, 4.69) is 14.8 Å². The van der Waals surface area contributed by atoms with Gasteiger partial charge in [0, 0.05) is 13.6 Å². The summed E-state index contributed by atoms with van der Waals surface area (Å²) in [7, 11) is -1.85. The average molecular weight is 195 g/mol. The zero-order valence-corrected chi connectivity index (χ0v) is 8.37. The highest BCUT2D eigenvalue weighted by Gasteiger charge is 2.02. The van der Waals surface area contributed by atoms with Crippen LogP contribution in [0.3, 0.4) is 0 Å². The van der Waals surface area contributed by atoms with Crippen LogP contribution in [0.4, 0.5) is 0 Å². The molecule has 0 spiro atoms. The predicted octanol–water partition coefficient (Wildman–Crippen LogP) is -0.960. The van der Waals surface area contributed by atoms with E-state index in [9.17, 15) is 8.42 Å². The van der Waals surface area contributed by atoms with Crippen LogP contribution < -0.4 is 14.8 Å². The van der Waals surface area contributed by atoms with Gasteiger partial charge in [-0.15, -0.1) is 0 Å². The fourth-order valence-corrected chi connectivity index (χ4v) is 1.23. The molecule has 0 bridgehead atoms. The molecule has 0 saturated carbocycles. The molecule has 0 aromatic heterocycles. The molecule has 0 fully saturated rings. The second kappa shape index (κ2) is 6.36. The molecular weight excluding hydrogens is 178 g/mol. The molecule has 0 aliphatic carbocycles. The van der Waals surface area contributed by atoms with E-state index in [0.717, 1.165) is 19.5 Å². The first-order chi connectivity index (χ1) is 5.62. The molecule has 0 atom stereocenters. The summed E-state index contributed by atoms with van der Waals surface area (Å²) in [4.78, 5) is 0. The van der Waals surface area contributed by atoms with Crippen LogP contribution in [0.25, 0.3) is 0 Å². The molecule has 0 aromatic rings. The minimum Gasteiger partial charge on any atom is -0.317 e. The molecule has 0 saturated heterocycles. The topological polar surface area (TPSA) is 70.2 Å². The molecule has 0 amide bonds. The van der Waals surface area contributed by atoms with Crippen molar-refractivity contribution in [3.63, 3.8) is 0 Å². The molecule has 0 aliphatic rings. The third kappa shape index (κ3) is 6.53. The van der Waals surface area contributed by atoms with Crippen molar-refractivity contribution in [2.24, 2.45) is 0 Å². The highest BCUT2D eigenvalue weighted by Crippen LogP contribution is 1.77. The lowest BCUT2D eigenvalue weighted by atomic mass is 10.4. The summed E-state index contributed by atoms with van der Waals surface area (Å²) < 4.78 is 26.1. The van der Waals surface area contributed by atoms with Crippen LogP contribution >= 0.6 is 0 Å². The Bertz CT molecular complexity index is 191. The fraction of sp³-hybridized carbons (Fsp3) is 1.00. The third-order valence-electron chi connectivity index (χ3n) is 1.34. The molecule has 0 unspecified atom stereocenters. The maximum Gasteiger partial charge on any atom is 0.276 e. The van der Waals surface area contributed by atoms with E-state index in [1.807, 2.05) is 6.92 Å². The van der Waals surface area contributed by atoms with Crippen molar-refractivity contribution in [3.05, 3.63) is 0 Å². The van der Waals surface area contributed by atoms with Crippen LogP contribution in [0.5, 0.6) is 0 Å². The molecule has 0 rings (SSSR count). The molecular formula is C6H17N3O2S. The van der Waals surface area contributed by atoms with E-state index in [0.29, 0.717) is 6.54 Å². The van der Waals surface area contributed by atoms with Gasteiger partial charge in [-0.2, -0.15) is 8.42 Å². The molecule has 0 radical (unpaired) electrons. The van der Waals surface area contributed by atoms with Crippen molar-refractivity contribution in [3.8, 4) is 0 Å². The second-order valence-electron chi connectivity index (χ2n) is 2.31. The van der Waals surface area contributed by atoms with Crippen molar-refractivity contribution in [2.45, 2.75) is 13.3 Å². The smallest absolute Gasteiger partial charge is 0.276 e. The van der Waals surface area contributed by atoms with Crippen LogP contribution in [0, 0.1) is 0 Å². The third-order valence-corrected chi connectivity index (χ3v) is 2.46. The normalized spacial score (nSPS) is 11.8.